The number of amides is 1. The third-order valence-corrected chi connectivity index (χ3v) is 6.05. The van der Waals surface area contributed by atoms with Crippen LogP contribution in [-0.2, 0) is 0 Å². The molecule has 1 amide bonds. The summed E-state index contributed by atoms with van der Waals surface area (Å²) in [5.74, 6) is -0.170. The first kappa shape index (κ1) is 17.7. The number of carbonyl (C=O) groups excluding carboxylic acids is 1. The van der Waals surface area contributed by atoms with Gasteiger partial charge >= 0.3 is 0 Å². The van der Waals surface area contributed by atoms with Crippen LogP contribution in [0.1, 0.15) is 41.2 Å². The Balaban J connectivity index is 1.87. The summed E-state index contributed by atoms with van der Waals surface area (Å²) in [4.78, 5) is 15.1. The van der Waals surface area contributed by atoms with Crippen molar-refractivity contribution >= 4 is 40.4 Å². The van der Waals surface area contributed by atoms with Crippen LogP contribution in [0, 0.1) is 0 Å². The van der Waals surface area contributed by atoms with E-state index in [0.29, 0.717) is 14.2 Å². The van der Waals surface area contributed by atoms with Crippen LogP contribution in [0.2, 0.25) is 8.67 Å². The number of likely N-dealkylation sites (N-methyl/N-ethyl adjacent to an activating group) is 1. The Morgan fingerprint density at radius 1 is 1.29 bits per heavy atom. The highest BCUT2D eigenvalue weighted by Gasteiger charge is 2.30. The van der Waals surface area contributed by atoms with E-state index in [1.807, 2.05) is 18.2 Å². The zero-order valence-corrected chi connectivity index (χ0v) is 15.8. The SMILES string of the molecule is CN1CCCC[C@H]1C(NC(=O)c1cc(Cl)sc1Cl)c1ccccc1. The summed E-state index contributed by atoms with van der Waals surface area (Å²) in [6.45, 7) is 1.05. The molecular formula is C18H20Cl2N2OS. The van der Waals surface area contributed by atoms with Gasteiger partial charge in [-0.3, -0.25) is 4.79 Å². The van der Waals surface area contributed by atoms with Crippen LogP contribution in [0.5, 0.6) is 0 Å². The molecule has 1 saturated heterocycles. The van der Waals surface area contributed by atoms with Crippen LogP contribution in [0.4, 0.5) is 0 Å². The van der Waals surface area contributed by atoms with Gasteiger partial charge < -0.3 is 10.2 Å². The zero-order chi connectivity index (χ0) is 17.1. The van der Waals surface area contributed by atoms with Gasteiger partial charge in [-0.1, -0.05) is 60.0 Å². The number of benzene rings is 1. The van der Waals surface area contributed by atoms with Crippen LogP contribution in [-0.4, -0.2) is 30.4 Å². The monoisotopic (exact) mass is 382 g/mol. The van der Waals surface area contributed by atoms with Crippen LogP contribution in [0.3, 0.4) is 0 Å². The van der Waals surface area contributed by atoms with E-state index in [1.165, 1.54) is 24.2 Å². The van der Waals surface area contributed by atoms with E-state index in [-0.39, 0.29) is 18.0 Å². The van der Waals surface area contributed by atoms with Crippen LogP contribution in [0.15, 0.2) is 36.4 Å². The van der Waals surface area contributed by atoms with Gasteiger partial charge in [0.1, 0.15) is 4.34 Å². The Bertz CT molecular complexity index is 704. The van der Waals surface area contributed by atoms with E-state index in [9.17, 15) is 4.79 Å². The van der Waals surface area contributed by atoms with Crippen molar-refractivity contribution in [2.24, 2.45) is 0 Å². The first-order chi connectivity index (χ1) is 11.6. The van der Waals surface area contributed by atoms with Crippen molar-refractivity contribution in [1.29, 1.82) is 0 Å². The molecule has 1 aromatic heterocycles. The topological polar surface area (TPSA) is 32.3 Å². The number of nitrogens with zero attached hydrogens (tertiary/aromatic N) is 1. The molecule has 24 heavy (non-hydrogen) atoms. The average Bonchev–Trinajstić information content (AvgIpc) is 2.92. The van der Waals surface area contributed by atoms with E-state index in [0.717, 1.165) is 18.5 Å². The maximum atomic E-state index is 12.7. The van der Waals surface area contributed by atoms with Crippen molar-refractivity contribution in [1.82, 2.24) is 10.2 Å². The predicted octanol–water partition coefficient (Wildman–Crippen LogP) is 5.01. The smallest absolute Gasteiger partial charge is 0.254 e. The molecular weight excluding hydrogens is 363 g/mol. The number of hydrogen-bond acceptors (Lipinski definition) is 3. The fourth-order valence-electron chi connectivity index (χ4n) is 3.30. The lowest BCUT2D eigenvalue weighted by molar-refractivity contribution is 0.0871. The Hall–Kier alpha value is -1.07. The number of hydrogen-bond donors (Lipinski definition) is 1. The van der Waals surface area contributed by atoms with Crippen molar-refractivity contribution < 1.29 is 4.79 Å². The van der Waals surface area contributed by atoms with Gasteiger partial charge in [-0.15, -0.1) is 11.3 Å². The largest absolute Gasteiger partial charge is 0.344 e. The molecule has 1 aliphatic rings. The van der Waals surface area contributed by atoms with Gasteiger partial charge in [-0.05, 0) is 38.1 Å². The molecule has 0 saturated carbocycles. The van der Waals surface area contributed by atoms with Crippen LogP contribution < -0.4 is 5.32 Å². The maximum absolute atomic E-state index is 12.7. The fourth-order valence-corrected chi connectivity index (χ4v) is 4.76. The molecule has 2 atom stereocenters. The Labute approximate surface area is 156 Å². The van der Waals surface area contributed by atoms with E-state index in [1.54, 1.807) is 6.07 Å². The zero-order valence-electron chi connectivity index (χ0n) is 13.5. The van der Waals surface area contributed by atoms with Crippen LogP contribution >= 0.6 is 34.5 Å². The van der Waals surface area contributed by atoms with Crippen molar-refractivity contribution in [3.8, 4) is 0 Å². The summed E-state index contributed by atoms with van der Waals surface area (Å²) in [6, 6.07) is 12.0. The lowest BCUT2D eigenvalue weighted by Gasteiger charge is -2.38. The third kappa shape index (κ3) is 3.94. The number of halogens is 2. The highest BCUT2D eigenvalue weighted by molar-refractivity contribution is 7.20. The van der Waals surface area contributed by atoms with Gasteiger partial charge in [0.15, 0.2) is 0 Å². The lowest BCUT2D eigenvalue weighted by atomic mass is 9.91. The molecule has 3 rings (SSSR count). The fraction of sp³-hybridized carbons (Fsp3) is 0.389. The number of carbonyl (C=O) groups is 1. The molecule has 0 spiro atoms. The van der Waals surface area contributed by atoms with Crippen LogP contribution in [0.25, 0.3) is 0 Å². The van der Waals surface area contributed by atoms with Gasteiger partial charge in [-0.25, -0.2) is 0 Å². The number of rotatable bonds is 4. The highest BCUT2D eigenvalue weighted by atomic mass is 35.5. The second kappa shape index (κ2) is 7.87. The molecule has 2 aromatic rings. The number of nitrogens with one attached hydrogen (secondary N) is 1. The summed E-state index contributed by atoms with van der Waals surface area (Å²) in [5, 5.41) is 3.19. The summed E-state index contributed by atoms with van der Waals surface area (Å²) in [5.41, 5.74) is 1.56. The average molecular weight is 383 g/mol. The third-order valence-electron chi connectivity index (χ3n) is 4.56. The van der Waals surface area contributed by atoms with Gasteiger partial charge in [-0.2, -0.15) is 0 Å². The molecule has 3 nitrogen and oxygen atoms in total. The summed E-state index contributed by atoms with van der Waals surface area (Å²) < 4.78 is 0.956. The molecule has 1 fully saturated rings. The summed E-state index contributed by atoms with van der Waals surface area (Å²) >= 11 is 13.3. The molecule has 0 aliphatic carbocycles. The van der Waals surface area contributed by atoms with Gasteiger partial charge in [0.2, 0.25) is 0 Å². The number of thiophene rings is 1. The summed E-state index contributed by atoms with van der Waals surface area (Å²) in [7, 11) is 2.13. The Morgan fingerprint density at radius 3 is 2.67 bits per heavy atom. The molecule has 128 valence electrons. The Morgan fingerprint density at radius 2 is 2.04 bits per heavy atom. The van der Waals surface area contributed by atoms with Crippen molar-refractivity contribution in [3.05, 3.63) is 56.2 Å². The number of piperidine rings is 1. The van der Waals surface area contributed by atoms with E-state index < -0.39 is 0 Å². The Kier molecular flexibility index (Phi) is 5.82. The van der Waals surface area contributed by atoms with E-state index >= 15 is 0 Å². The minimum Gasteiger partial charge on any atom is -0.344 e. The van der Waals surface area contributed by atoms with Gasteiger partial charge in [0, 0.05) is 6.04 Å². The molecule has 6 heteroatoms. The standard InChI is InChI=1S/C18H20Cl2N2OS/c1-22-10-6-5-9-14(22)16(12-7-3-2-4-8-12)21-18(23)13-11-15(19)24-17(13)20/h2-4,7-8,11,14,16H,5-6,9-10H2,1H3,(H,21,23)/t14-,16?/m0/s1. The second-order valence-corrected chi connectivity index (χ2v) is 8.43. The molecule has 0 radical (unpaired) electrons. The lowest BCUT2D eigenvalue weighted by Crippen LogP contribution is -2.47. The van der Waals surface area contributed by atoms with Gasteiger partial charge in [0.25, 0.3) is 5.91 Å². The molecule has 2 heterocycles. The minimum absolute atomic E-state index is 0.0706. The van der Waals surface area contributed by atoms with E-state index in [4.69, 9.17) is 23.2 Å². The maximum Gasteiger partial charge on any atom is 0.254 e. The molecule has 1 unspecified atom stereocenters. The van der Waals surface area contributed by atoms with E-state index in [2.05, 4.69) is 29.4 Å². The minimum atomic E-state index is -0.170. The second-order valence-electron chi connectivity index (χ2n) is 6.14. The first-order valence-electron chi connectivity index (χ1n) is 8.07. The first-order valence-corrected chi connectivity index (χ1v) is 9.64. The molecule has 1 aliphatic heterocycles. The molecule has 1 N–H and O–H groups in total. The predicted molar refractivity (Wildman–Crippen MR) is 101 cm³/mol. The number of likely N-dealkylation sites (tertiary alicyclic amines) is 1. The molecule has 1 aromatic carbocycles. The van der Waals surface area contributed by atoms with Crippen molar-refractivity contribution in [3.63, 3.8) is 0 Å². The quantitative estimate of drug-likeness (QED) is 0.805. The van der Waals surface area contributed by atoms with Gasteiger partial charge in [0.05, 0.1) is 15.9 Å². The normalized spacial score (nSPS) is 19.9. The van der Waals surface area contributed by atoms with Crippen molar-refractivity contribution in [2.45, 2.75) is 31.3 Å². The molecule has 0 bridgehead atoms. The highest BCUT2D eigenvalue weighted by Crippen LogP contribution is 2.33. The summed E-state index contributed by atoms with van der Waals surface area (Å²) in [6.07, 6.45) is 3.45. The van der Waals surface area contributed by atoms with Crippen molar-refractivity contribution in [2.75, 3.05) is 13.6 Å².